The van der Waals surface area contributed by atoms with Crippen LogP contribution in [0.1, 0.15) is 29.2 Å². The summed E-state index contributed by atoms with van der Waals surface area (Å²) in [5.74, 6) is 1.90. The van der Waals surface area contributed by atoms with Gasteiger partial charge in [0.05, 0.1) is 6.26 Å². The van der Waals surface area contributed by atoms with Crippen LogP contribution >= 0.6 is 11.3 Å². The molecule has 9 nitrogen and oxygen atoms in total. The Kier molecular flexibility index (Phi) is 4.83. The predicted octanol–water partition coefficient (Wildman–Crippen LogP) is 2.97. The minimum atomic E-state index is -0.224. The third-order valence-electron chi connectivity index (χ3n) is 5.33. The molecule has 0 saturated carbocycles. The summed E-state index contributed by atoms with van der Waals surface area (Å²) in [5, 5.41) is 13.5. The third-order valence-corrected chi connectivity index (χ3v) is 6.19. The summed E-state index contributed by atoms with van der Waals surface area (Å²) in [7, 11) is 0. The molecular formula is C20H19N5O4S. The molecule has 0 atom stereocenters. The topological polar surface area (TPSA) is 110 Å². The van der Waals surface area contributed by atoms with Crippen LogP contribution in [-0.4, -0.2) is 43.8 Å². The van der Waals surface area contributed by atoms with E-state index in [2.05, 4.69) is 15.4 Å². The fourth-order valence-electron chi connectivity index (χ4n) is 3.76. The first-order valence-electron chi connectivity index (χ1n) is 9.69. The quantitative estimate of drug-likeness (QED) is 0.526. The number of amides is 1. The van der Waals surface area contributed by atoms with Crippen molar-refractivity contribution in [1.29, 1.82) is 0 Å². The number of carbonyl (C=O) groups excluding carboxylic acids is 1. The first kappa shape index (κ1) is 18.6. The van der Waals surface area contributed by atoms with Gasteiger partial charge in [-0.15, -0.1) is 11.3 Å². The number of aromatic amines is 1. The van der Waals surface area contributed by atoms with Gasteiger partial charge in [0.2, 0.25) is 5.76 Å². The number of likely N-dealkylation sites (tertiary alicyclic amines) is 1. The molecular weight excluding hydrogens is 406 g/mol. The summed E-state index contributed by atoms with van der Waals surface area (Å²) in [6, 6.07) is 8.93. The average Bonchev–Trinajstić information content (AvgIpc) is 3.54. The van der Waals surface area contributed by atoms with Crippen molar-refractivity contribution in [2.24, 2.45) is 5.92 Å². The molecule has 154 valence electrons. The van der Waals surface area contributed by atoms with E-state index in [9.17, 15) is 9.59 Å². The first-order chi connectivity index (χ1) is 14.7. The van der Waals surface area contributed by atoms with Crippen LogP contribution in [0.2, 0.25) is 0 Å². The fourth-order valence-corrected chi connectivity index (χ4v) is 4.51. The Hall–Kier alpha value is -3.40. The number of nitrogens with zero attached hydrogens (tertiary/aromatic N) is 4. The molecule has 10 heteroatoms. The van der Waals surface area contributed by atoms with Gasteiger partial charge < -0.3 is 13.8 Å². The Labute approximate surface area is 174 Å². The van der Waals surface area contributed by atoms with Crippen LogP contribution in [0.15, 0.2) is 55.7 Å². The lowest BCUT2D eigenvalue weighted by atomic mass is 9.93. The number of thiophene rings is 1. The summed E-state index contributed by atoms with van der Waals surface area (Å²) in [5.41, 5.74) is 0.0529. The molecule has 0 spiro atoms. The second-order valence-electron chi connectivity index (χ2n) is 7.23. The van der Waals surface area contributed by atoms with Gasteiger partial charge in [-0.3, -0.25) is 4.79 Å². The van der Waals surface area contributed by atoms with E-state index in [0.717, 1.165) is 23.7 Å². The molecule has 4 aromatic heterocycles. The highest BCUT2D eigenvalue weighted by atomic mass is 32.1. The lowest BCUT2D eigenvalue weighted by Gasteiger charge is -2.31. The Morgan fingerprint density at radius 3 is 2.83 bits per heavy atom. The monoisotopic (exact) mass is 425 g/mol. The Bertz CT molecular complexity index is 1180. The Balaban J connectivity index is 1.22. The van der Waals surface area contributed by atoms with Crippen molar-refractivity contribution in [3.05, 3.63) is 64.0 Å². The van der Waals surface area contributed by atoms with Gasteiger partial charge in [-0.25, -0.2) is 14.5 Å². The molecule has 1 aliphatic heterocycles. The van der Waals surface area contributed by atoms with E-state index in [1.165, 1.54) is 11.3 Å². The minimum Gasteiger partial charge on any atom is -0.461 e. The maximum absolute atomic E-state index is 12.8. The summed E-state index contributed by atoms with van der Waals surface area (Å²) < 4.78 is 12.1. The van der Waals surface area contributed by atoms with Crippen LogP contribution in [0.3, 0.4) is 0 Å². The van der Waals surface area contributed by atoms with Gasteiger partial charge in [0.1, 0.15) is 10.8 Å². The van der Waals surface area contributed by atoms with E-state index in [1.807, 2.05) is 17.5 Å². The summed E-state index contributed by atoms with van der Waals surface area (Å²) in [6.45, 7) is 1.25. The standard InChI is InChI=1S/C20H19N5O4S/c26-19(14-12-16(29-23-14)15-3-1-9-28-15)24-7-5-13(6-8-24)11-17-21-22-20(27)25(17)18-4-2-10-30-18/h1-4,9-10,12-13H,5-8,11H2,(H,22,27). The summed E-state index contributed by atoms with van der Waals surface area (Å²) >= 11 is 1.50. The minimum absolute atomic E-state index is 0.148. The number of hydrogen-bond acceptors (Lipinski definition) is 7. The van der Waals surface area contributed by atoms with E-state index < -0.39 is 0 Å². The van der Waals surface area contributed by atoms with Gasteiger partial charge in [0.15, 0.2) is 11.5 Å². The first-order valence-corrected chi connectivity index (χ1v) is 10.6. The highest BCUT2D eigenvalue weighted by Gasteiger charge is 2.27. The lowest BCUT2D eigenvalue weighted by Crippen LogP contribution is -2.39. The van der Waals surface area contributed by atoms with Crippen LogP contribution in [-0.2, 0) is 6.42 Å². The molecule has 0 aromatic carbocycles. The molecule has 0 unspecified atom stereocenters. The van der Waals surface area contributed by atoms with Gasteiger partial charge in [-0.1, -0.05) is 5.16 Å². The SMILES string of the molecule is O=C(c1cc(-c2ccco2)on1)N1CCC(Cc2n[nH]c(=O)n2-c2cccs2)CC1. The zero-order valence-corrected chi connectivity index (χ0v) is 16.8. The molecule has 30 heavy (non-hydrogen) atoms. The number of aromatic nitrogens is 4. The van der Waals surface area contributed by atoms with Crippen molar-refractivity contribution < 1.29 is 13.7 Å². The van der Waals surface area contributed by atoms with E-state index >= 15 is 0 Å². The number of nitrogens with one attached hydrogen (secondary N) is 1. The van der Waals surface area contributed by atoms with Crippen LogP contribution in [0.25, 0.3) is 16.5 Å². The van der Waals surface area contributed by atoms with Crippen molar-refractivity contribution in [2.45, 2.75) is 19.3 Å². The molecule has 1 amide bonds. The molecule has 1 saturated heterocycles. The number of piperidine rings is 1. The number of hydrogen-bond donors (Lipinski definition) is 1. The predicted molar refractivity (Wildman–Crippen MR) is 109 cm³/mol. The van der Waals surface area contributed by atoms with Crippen molar-refractivity contribution in [2.75, 3.05) is 13.1 Å². The van der Waals surface area contributed by atoms with Crippen LogP contribution in [0.4, 0.5) is 0 Å². The van der Waals surface area contributed by atoms with Crippen molar-refractivity contribution >= 4 is 17.2 Å². The van der Waals surface area contributed by atoms with Crippen molar-refractivity contribution in [3.8, 4) is 16.5 Å². The number of rotatable bonds is 5. The smallest absolute Gasteiger partial charge is 0.348 e. The van der Waals surface area contributed by atoms with E-state index in [0.29, 0.717) is 36.9 Å². The molecule has 5 rings (SSSR count). The molecule has 1 aliphatic rings. The fraction of sp³-hybridized carbons (Fsp3) is 0.300. The Morgan fingerprint density at radius 1 is 1.23 bits per heavy atom. The largest absolute Gasteiger partial charge is 0.461 e. The molecule has 4 aromatic rings. The molecule has 5 heterocycles. The van der Waals surface area contributed by atoms with Crippen molar-refractivity contribution in [3.63, 3.8) is 0 Å². The summed E-state index contributed by atoms with van der Waals surface area (Å²) in [4.78, 5) is 26.7. The maximum atomic E-state index is 12.8. The van der Waals surface area contributed by atoms with Gasteiger partial charge in [0, 0.05) is 25.6 Å². The molecule has 1 N–H and O–H groups in total. The second kappa shape index (κ2) is 7.79. The third kappa shape index (κ3) is 3.50. The van der Waals surface area contributed by atoms with Gasteiger partial charge in [-0.2, -0.15) is 5.10 Å². The van der Waals surface area contributed by atoms with E-state index in [-0.39, 0.29) is 17.3 Å². The number of H-pyrrole nitrogens is 1. The number of carbonyl (C=O) groups is 1. The van der Waals surface area contributed by atoms with Crippen LogP contribution in [0, 0.1) is 5.92 Å². The number of furan rings is 1. The maximum Gasteiger partial charge on any atom is 0.348 e. The Morgan fingerprint density at radius 2 is 2.10 bits per heavy atom. The molecule has 0 radical (unpaired) electrons. The summed E-state index contributed by atoms with van der Waals surface area (Å²) in [6.07, 6.45) is 3.90. The van der Waals surface area contributed by atoms with Crippen LogP contribution in [0.5, 0.6) is 0 Å². The van der Waals surface area contributed by atoms with Crippen LogP contribution < -0.4 is 5.69 Å². The van der Waals surface area contributed by atoms with Gasteiger partial charge in [-0.05, 0) is 48.4 Å². The zero-order valence-electron chi connectivity index (χ0n) is 16.0. The van der Waals surface area contributed by atoms with Gasteiger partial charge in [0.25, 0.3) is 5.91 Å². The van der Waals surface area contributed by atoms with E-state index in [1.54, 1.807) is 33.9 Å². The molecule has 1 fully saturated rings. The highest BCUT2D eigenvalue weighted by molar-refractivity contribution is 7.12. The zero-order chi connectivity index (χ0) is 20.5. The van der Waals surface area contributed by atoms with E-state index in [4.69, 9.17) is 8.94 Å². The van der Waals surface area contributed by atoms with Gasteiger partial charge >= 0.3 is 5.69 Å². The van der Waals surface area contributed by atoms with Crippen molar-refractivity contribution in [1.82, 2.24) is 24.8 Å². The lowest BCUT2D eigenvalue weighted by molar-refractivity contribution is 0.0679. The highest BCUT2D eigenvalue weighted by Crippen LogP contribution is 2.25. The normalized spacial score (nSPS) is 15.0. The molecule has 0 aliphatic carbocycles. The average molecular weight is 425 g/mol. The molecule has 0 bridgehead atoms. The second-order valence-corrected chi connectivity index (χ2v) is 8.15.